The molecule has 0 radical (unpaired) electrons. The topological polar surface area (TPSA) is 64.3 Å². The summed E-state index contributed by atoms with van der Waals surface area (Å²) in [5.41, 5.74) is 0. The van der Waals surface area contributed by atoms with Gasteiger partial charge in [0.05, 0.1) is 6.07 Å². The zero-order valence-corrected chi connectivity index (χ0v) is 10.3. The van der Waals surface area contributed by atoms with Crippen LogP contribution in [-0.2, 0) is 4.79 Å². The molecule has 0 heterocycles. The first kappa shape index (κ1) is 14.9. The van der Waals surface area contributed by atoms with E-state index >= 15 is 0 Å². The summed E-state index contributed by atoms with van der Waals surface area (Å²) in [5.74, 6) is -0.717. The van der Waals surface area contributed by atoms with Gasteiger partial charge < -0.3 is 5.11 Å². The van der Waals surface area contributed by atoms with E-state index in [0.29, 0.717) is 12.5 Å². The Morgan fingerprint density at radius 1 is 1.31 bits per heavy atom. The number of carboxylic acid groups (broad SMARTS) is 1. The van der Waals surface area contributed by atoms with E-state index in [1.807, 2.05) is 0 Å². The van der Waals surface area contributed by atoms with Crippen LogP contribution in [0.1, 0.15) is 46.0 Å². The minimum absolute atomic E-state index is 0.264. The second-order valence-corrected chi connectivity index (χ2v) is 4.24. The highest BCUT2D eigenvalue weighted by Crippen LogP contribution is 2.05. The van der Waals surface area contributed by atoms with Crippen molar-refractivity contribution in [2.45, 2.75) is 52.0 Å². The van der Waals surface area contributed by atoms with Gasteiger partial charge in [-0.3, -0.25) is 9.69 Å². The zero-order chi connectivity index (χ0) is 12.4. The second-order valence-electron chi connectivity index (χ2n) is 4.24. The van der Waals surface area contributed by atoms with Gasteiger partial charge in [0.15, 0.2) is 0 Å². The fourth-order valence-electron chi connectivity index (χ4n) is 1.59. The van der Waals surface area contributed by atoms with E-state index in [4.69, 9.17) is 10.4 Å². The van der Waals surface area contributed by atoms with Gasteiger partial charge in [0.2, 0.25) is 0 Å². The average Bonchev–Trinajstić information content (AvgIpc) is 2.21. The quantitative estimate of drug-likeness (QED) is 0.612. The predicted octanol–water partition coefficient (Wildman–Crippen LogP) is 2.26. The van der Waals surface area contributed by atoms with Gasteiger partial charge in [0.1, 0.15) is 0 Å². The third-order valence-corrected chi connectivity index (χ3v) is 2.58. The first-order valence-corrected chi connectivity index (χ1v) is 5.90. The van der Waals surface area contributed by atoms with Crippen LogP contribution in [0.5, 0.6) is 0 Å². The Balaban J connectivity index is 3.60. The van der Waals surface area contributed by atoms with Crippen molar-refractivity contribution in [1.82, 2.24) is 4.90 Å². The van der Waals surface area contributed by atoms with Gasteiger partial charge in [0.25, 0.3) is 0 Å². The van der Waals surface area contributed by atoms with E-state index in [1.54, 1.807) is 0 Å². The van der Waals surface area contributed by atoms with Crippen molar-refractivity contribution < 1.29 is 9.90 Å². The largest absolute Gasteiger partial charge is 0.481 e. The molecule has 0 aromatic carbocycles. The van der Waals surface area contributed by atoms with Crippen LogP contribution in [0.4, 0.5) is 0 Å². The molecule has 0 amide bonds. The summed E-state index contributed by atoms with van der Waals surface area (Å²) in [5, 5.41) is 17.0. The number of hydrogen-bond acceptors (Lipinski definition) is 3. The van der Waals surface area contributed by atoms with Gasteiger partial charge in [0, 0.05) is 25.4 Å². The number of aliphatic carboxylic acids is 1. The number of rotatable bonds is 9. The lowest BCUT2D eigenvalue weighted by Gasteiger charge is -2.25. The molecule has 0 aliphatic rings. The minimum Gasteiger partial charge on any atom is -0.481 e. The van der Waals surface area contributed by atoms with Crippen molar-refractivity contribution in [1.29, 1.82) is 5.26 Å². The fraction of sp³-hybridized carbons (Fsp3) is 0.833. The van der Waals surface area contributed by atoms with Crippen LogP contribution >= 0.6 is 0 Å². The van der Waals surface area contributed by atoms with Crippen molar-refractivity contribution >= 4 is 5.97 Å². The summed E-state index contributed by atoms with van der Waals surface area (Å²) in [7, 11) is 0. The van der Waals surface area contributed by atoms with Crippen LogP contribution < -0.4 is 0 Å². The fourth-order valence-corrected chi connectivity index (χ4v) is 1.59. The number of unbranched alkanes of at least 4 members (excludes halogenated alkanes) is 2. The molecule has 0 rings (SSSR count). The summed E-state index contributed by atoms with van der Waals surface area (Å²) < 4.78 is 0. The van der Waals surface area contributed by atoms with Crippen LogP contribution in [0.3, 0.4) is 0 Å². The van der Waals surface area contributed by atoms with Crippen molar-refractivity contribution in [3.8, 4) is 6.07 Å². The van der Waals surface area contributed by atoms with Crippen LogP contribution in [0.25, 0.3) is 0 Å². The van der Waals surface area contributed by atoms with E-state index < -0.39 is 5.97 Å². The molecular weight excluding hydrogens is 204 g/mol. The van der Waals surface area contributed by atoms with Crippen LogP contribution in [0.15, 0.2) is 0 Å². The third kappa shape index (κ3) is 8.25. The van der Waals surface area contributed by atoms with Gasteiger partial charge in [-0.1, -0.05) is 6.42 Å². The maximum atomic E-state index is 10.3. The number of carboxylic acids is 1. The molecule has 0 atom stereocenters. The highest BCUT2D eigenvalue weighted by atomic mass is 16.4. The molecule has 0 spiro atoms. The first-order valence-electron chi connectivity index (χ1n) is 5.90. The lowest BCUT2D eigenvalue weighted by Crippen LogP contribution is -2.32. The van der Waals surface area contributed by atoms with Gasteiger partial charge in [-0.05, 0) is 33.2 Å². The Bertz CT molecular complexity index is 234. The minimum atomic E-state index is -0.717. The second kappa shape index (κ2) is 9.17. The summed E-state index contributed by atoms with van der Waals surface area (Å²) >= 11 is 0. The Labute approximate surface area is 97.9 Å². The average molecular weight is 226 g/mol. The third-order valence-electron chi connectivity index (χ3n) is 2.58. The normalized spacial score (nSPS) is 10.7. The Morgan fingerprint density at radius 3 is 2.50 bits per heavy atom. The molecule has 0 bridgehead atoms. The molecule has 0 saturated heterocycles. The standard InChI is InChI=1S/C12H22N2O2/c1-11(2)14(10-6-8-13)9-5-3-4-7-12(15)16/h11H,3-7,9-10H2,1-2H3,(H,15,16). The SMILES string of the molecule is CC(C)N(CCC#N)CCCCCC(=O)O. The van der Waals surface area contributed by atoms with Crippen LogP contribution in [-0.4, -0.2) is 35.1 Å². The molecule has 0 aliphatic heterocycles. The Kier molecular flexibility index (Phi) is 8.55. The molecule has 0 aromatic heterocycles. The maximum absolute atomic E-state index is 10.3. The molecule has 0 unspecified atom stereocenters. The van der Waals surface area contributed by atoms with Gasteiger partial charge in [-0.25, -0.2) is 0 Å². The Morgan fingerprint density at radius 2 is 2.00 bits per heavy atom. The van der Waals surface area contributed by atoms with Crippen molar-refractivity contribution in [3.05, 3.63) is 0 Å². The summed E-state index contributed by atoms with van der Waals surface area (Å²) in [4.78, 5) is 12.6. The van der Waals surface area contributed by atoms with Gasteiger partial charge in [-0.2, -0.15) is 5.26 Å². The summed E-state index contributed by atoms with van der Waals surface area (Å²) in [6.07, 6.45) is 3.53. The number of nitriles is 1. The number of hydrogen-bond donors (Lipinski definition) is 1. The van der Waals surface area contributed by atoms with E-state index in [-0.39, 0.29) is 6.42 Å². The molecule has 1 N–H and O–H groups in total. The lowest BCUT2D eigenvalue weighted by atomic mass is 10.1. The number of nitrogens with zero attached hydrogens (tertiary/aromatic N) is 2. The summed E-state index contributed by atoms with van der Waals surface area (Å²) in [6.45, 7) is 6.01. The molecule has 0 aliphatic carbocycles. The van der Waals surface area contributed by atoms with E-state index in [9.17, 15) is 4.79 Å². The number of carbonyl (C=O) groups is 1. The smallest absolute Gasteiger partial charge is 0.303 e. The monoisotopic (exact) mass is 226 g/mol. The molecule has 0 aromatic rings. The molecule has 0 fully saturated rings. The highest BCUT2D eigenvalue weighted by Gasteiger charge is 2.08. The molecular formula is C12H22N2O2. The summed E-state index contributed by atoms with van der Waals surface area (Å²) in [6, 6.07) is 2.60. The van der Waals surface area contributed by atoms with Crippen molar-refractivity contribution in [3.63, 3.8) is 0 Å². The highest BCUT2D eigenvalue weighted by molar-refractivity contribution is 5.66. The van der Waals surface area contributed by atoms with E-state index in [0.717, 1.165) is 32.4 Å². The van der Waals surface area contributed by atoms with E-state index in [2.05, 4.69) is 24.8 Å². The Hall–Kier alpha value is -1.08. The maximum Gasteiger partial charge on any atom is 0.303 e. The zero-order valence-electron chi connectivity index (χ0n) is 10.3. The molecule has 92 valence electrons. The van der Waals surface area contributed by atoms with E-state index in [1.165, 1.54) is 0 Å². The van der Waals surface area contributed by atoms with Gasteiger partial charge >= 0.3 is 5.97 Å². The molecule has 16 heavy (non-hydrogen) atoms. The van der Waals surface area contributed by atoms with Crippen molar-refractivity contribution in [2.24, 2.45) is 0 Å². The molecule has 4 heteroatoms. The first-order chi connectivity index (χ1) is 7.57. The van der Waals surface area contributed by atoms with Crippen LogP contribution in [0.2, 0.25) is 0 Å². The van der Waals surface area contributed by atoms with Crippen LogP contribution in [0, 0.1) is 11.3 Å². The van der Waals surface area contributed by atoms with Gasteiger partial charge in [-0.15, -0.1) is 0 Å². The molecule has 0 saturated carbocycles. The predicted molar refractivity (Wildman–Crippen MR) is 63.0 cm³/mol. The molecule has 4 nitrogen and oxygen atoms in total. The van der Waals surface area contributed by atoms with Crippen molar-refractivity contribution in [2.75, 3.05) is 13.1 Å². The lowest BCUT2D eigenvalue weighted by molar-refractivity contribution is -0.137.